The van der Waals surface area contributed by atoms with Gasteiger partial charge in [0, 0.05) is 29.7 Å². The van der Waals surface area contributed by atoms with Crippen molar-refractivity contribution in [3.8, 4) is 0 Å². The van der Waals surface area contributed by atoms with E-state index in [0.29, 0.717) is 22.2 Å². The topological polar surface area (TPSA) is 32.3 Å². The predicted octanol–water partition coefficient (Wildman–Crippen LogP) is 2.55. The van der Waals surface area contributed by atoms with Crippen LogP contribution in [0.3, 0.4) is 0 Å². The van der Waals surface area contributed by atoms with E-state index in [1.165, 1.54) is 12.1 Å². The molecule has 0 aliphatic carbocycles. The lowest BCUT2D eigenvalue weighted by molar-refractivity contribution is 0.0736. The largest absolute Gasteiger partial charge is 0.336 e. The van der Waals surface area contributed by atoms with Gasteiger partial charge in [-0.1, -0.05) is 11.6 Å². The van der Waals surface area contributed by atoms with Crippen LogP contribution < -0.4 is 5.32 Å². The van der Waals surface area contributed by atoms with Gasteiger partial charge in [-0.25, -0.2) is 4.39 Å². The molecule has 1 fully saturated rings. The van der Waals surface area contributed by atoms with E-state index in [-0.39, 0.29) is 23.3 Å². The zero-order valence-electron chi connectivity index (χ0n) is 9.38. The predicted molar refractivity (Wildman–Crippen MR) is 80.1 cm³/mol. The fourth-order valence-corrected chi connectivity index (χ4v) is 2.42. The number of hydrogen-bond acceptors (Lipinski definition) is 2. The molecule has 1 aliphatic heterocycles. The van der Waals surface area contributed by atoms with E-state index >= 15 is 0 Å². The standard InChI is InChI=1S/C11H11ClFIN2O.ClH/c12-8-6-9(13)10(14)5-7(8)11(17)16-3-1-15-2-4-16;/h5-6,15H,1-4H2;1H. The summed E-state index contributed by atoms with van der Waals surface area (Å²) < 4.78 is 13.6. The number of rotatable bonds is 1. The molecular formula is C11H12Cl2FIN2O. The Morgan fingerprint density at radius 2 is 2.00 bits per heavy atom. The Balaban J connectivity index is 0.00000162. The molecule has 100 valence electrons. The smallest absolute Gasteiger partial charge is 0.255 e. The average Bonchev–Trinajstić information content (AvgIpc) is 2.34. The van der Waals surface area contributed by atoms with Crippen LogP contribution in [0.4, 0.5) is 4.39 Å². The fraction of sp³-hybridized carbons (Fsp3) is 0.364. The molecule has 1 amide bonds. The number of amides is 1. The van der Waals surface area contributed by atoms with E-state index < -0.39 is 5.82 Å². The Labute approximate surface area is 130 Å². The van der Waals surface area contributed by atoms with Crippen LogP contribution in [-0.2, 0) is 0 Å². The van der Waals surface area contributed by atoms with Crippen molar-refractivity contribution in [3.05, 3.63) is 32.1 Å². The second-order valence-electron chi connectivity index (χ2n) is 3.79. The first-order valence-corrected chi connectivity index (χ1v) is 6.70. The third kappa shape index (κ3) is 3.46. The molecule has 0 aromatic heterocycles. The minimum atomic E-state index is -0.396. The van der Waals surface area contributed by atoms with Gasteiger partial charge in [0.15, 0.2) is 0 Å². The van der Waals surface area contributed by atoms with Crippen molar-refractivity contribution in [1.82, 2.24) is 10.2 Å². The van der Waals surface area contributed by atoms with E-state index in [9.17, 15) is 9.18 Å². The van der Waals surface area contributed by atoms with Crippen molar-refractivity contribution in [1.29, 1.82) is 0 Å². The van der Waals surface area contributed by atoms with Gasteiger partial charge < -0.3 is 10.2 Å². The molecule has 0 unspecified atom stereocenters. The summed E-state index contributed by atoms with van der Waals surface area (Å²) in [6.07, 6.45) is 0. The third-order valence-corrected chi connectivity index (χ3v) is 3.78. The maximum absolute atomic E-state index is 13.2. The molecule has 18 heavy (non-hydrogen) atoms. The number of benzene rings is 1. The molecule has 1 aromatic rings. The van der Waals surface area contributed by atoms with E-state index in [2.05, 4.69) is 5.32 Å². The molecular weight excluding hydrogens is 393 g/mol. The molecule has 0 radical (unpaired) electrons. The lowest BCUT2D eigenvalue weighted by atomic mass is 10.2. The molecule has 0 spiro atoms. The number of carbonyl (C=O) groups excluding carboxylic acids is 1. The quantitative estimate of drug-likeness (QED) is 0.576. The summed E-state index contributed by atoms with van der Waals surface area (Å²) in [5.41, 5.74) is 0.374. The van der Waals surface area contributed by atoms with Gasteiger partial charge >= 0.3 is 0 Å². The fourth-order valence-electron chi connectivity index (χ4n) is 1.72. The van der Waals surface area contributed by atoms with Gasteiger partial charge in [0.05, 0.1) is 10.6 Å². The van der Waals surface area contributed by atoms with Gasteiger partial charge in [-0.15, -0.1) is 12.4 Å². The van der Waals surface area contributed by atoms with Gasteiger partial charge in [-0.2, -0.15) is 0 Å². The Kier molecular flexibility index (Phi) is 6.10. The number of halogens is 4. The van der Waals surface area contributed by atoms with Crippen LogP contribution in [0.5, 0.6) is 0 Å². The SMILES string of the molecule is Cl.O=C(c1cc(I)c(F)cc1Cl)N1CCNCC1. The molecule has 7 heteroatoms. The van der Waals surface area contributed by atoms with Crippen molar-refractivity contribution in [2.75, 3.05) is 26.2 Å². The Morgan fingerprint density at radius 3 is 2.61 bits per heavy atom. The molecule has 0 atom stereocenters. The minimum absolute atomic E-state index is 0. The minimum Gasteiger partial charge on any atom is -0.336 e. The Morgan fingerprint density at radius 1 is 1.39 bits per heavy atom. The summed E-state index contributed by atoms with van der Waals surface area (Å²) >= 11 is 7.76. The van der Waals surface area contributed by atoms with Gasteiger partial charge in [0.1, 0.15) is 5.82 Å². The van der Waals surface area contributed by atoms with Crippen LogP contribution in [0.25, 0.3) is 0 Å². The van der Waals surface area contributed by atoms with E-state index in [4.69, 9.17) is 11.6 Å². The van der Waals surface area contributed by atoms with Crippen LogP contribution in [0.15, 0.2) is 12.1 Å². The molecule has 0 saturated carbocycles. The molecule has 0 bridgehead atoms. The van der Waals surface area contributed by atoms with E-state index in [1.807, 2.05) is 22.6 Å². The highest BCUT2D eigenvalue weighted by atomic mass is 127. The molecule has 1 N–H and O–H groups in total. The van der Waals surface area contributed by atoms with E-state index in [0.717, 1.165) is 13.1 Å². The summed E-state index contributed by atoms with van der Waals surface area (Å²) in [6.45, 7) is 2.87. The highest BCUT2D eigenvalue weighted by molar-refractivity contribution is 14.1. The van der Waals surface area contributed by atoms with Gasteiger partial charge in [0.2, 0.25) is 0 Å². The summed E-state index contributed by atoms with van der Waals surface area (Å²) in [5, 5.41) is 3.34. The van der Waals surface area contributed by atoms with Gasteiger partial charge in [0.25, 0.3) is 5.91 Å². The lowest BCUT2D eigenvalue weighted by Crippen LogP contribution is -2.46. The number of hydrogen-bond donors (Lipinski definition) is 1. The zero-order valence-corrected chi connectivity index (χ0v) is 13.1. The molecule has 1 aliphatic rings. The van der Waals surface area contributed by atoms with Crippen molar-refractivity contribution >= 4 is 52.5 Å². The van der Waals surface area contributed by atoms with Crippen LogP contribution >= 0.6 is 46.6 Å². The molecule has 1 aromatic carbocycles. The normalized spacial score (nSPS) is 15.2. The second kappa shape index (κ2) is 6.88. The van der Waals surface area contributed by atoms with Crippen LogP contribution in [0.2, 0.25) is 5.02 Å². The molecule has 1 saturated heterocycles. The first kappa shape index (κ1) is 15.9. The van der Waals surface area contributed by atoms with Gasteiger partial charge in [-0.05, 0) is 34.7 Å². The van der Waals surface area contributed by atoms with Crippen LogP contribution in [0, 0.1) is 9.39 Å². The number of carbonyl (C=O) groups is 1. The van der Waals surface area contributed by atoms with E-state index in [1.54, 1.807) is 4.90 Å². The first-order chi connectivity index (χ1) is 8.09. The van der Waals surface area contributed by atoms with Crippen molar-refractivity contribution in [2.24, 2.45) is 0 Å². The lowest BCUT2D eigenvalue weighted by Gasteiger charge is -2.27. The van der Waals surface area contributed by atoms with Gasteiger partial charge in [-0.3, -0.25) is 4.79 Å². The van der Waals surface area contributed by atoms with Crippen molar-refractivity contribution in [3.63, 3.8) is 0 Å². The highest BCUT2D eigenvalue weighted by Crippen LogP contribution is 2.23. The Bertz CT molecular complexity index is 453. The number of nitrogens with one attached hydrogen (secondary N) is 1. The molecule has 1 heterocycles. The highest BCUT2D eigenvalue weighted by Gasteiger charge is 2.21. The summed E-state index contributed by atoms with van der Waals surface area (Å²) in [5.74, 6) is -0.526. The zero-order chi connectivity index (χ0) is 12.4. The summed E-state index contributed by atoms with van der Waals surface area (Å²) in [7, 11) is 0. The monoisotopic (exact) mass is 404 g/mol. The second-order valence-corrected chi connectivity index (χ2v) is 5.36. The first-order valence-electron chi connectivity index (χ1n) is 5.24. The maximum Gasteiger partial charge on any atom is 0.255 e. The van der Waals surface area contributed by atoms with Crippen molar-refractivity contribution < 1.29 is 9.18 Å². The third-order valence-electron chi connectivity index (χ3n) is 2.64. The average molecular weight is 405 g/mol. The van der Waals surface area contributed by atoms with Crippen LogP contribution in [0.1, 0.15) is 10.4 Å². The summed E-state index contributed by atoms with van der Waals surface area (Å²) in [4.78, 5) is 13.9. The number of nitrogens with zero attached hydrogens (tertiary/aromatic N) is 1. The van der Waals surface area contributed by atoms with Crippen LogP contribution in [-0.4, -0.2) is 37.0 Å². The number of piperazine rings is 1. The maximum atomic E-state index is 13.2. The van der Waals surface area contributed by atoms with Crippen molar-refractivity contribution in [2.45, 2.75) is 0 Å². The Hall–Kier alpha value is -0.110. The molecule has 2 rings (SSSR count). The molecule has 3 nitrogen and oxygen atoms in total. The summed E-state index contributed by atoms with van der Waals surface area (Å²) in [6, 6.07) is 2.70.